The molecule has 1 saturated carbocycles. The SMILES string of the molecule is NCC(C1CCCCCCC1)N1CCCSCC1. The van der Waals surface area contributed by atoms with Crippen molar-refractivity contribution in [3.8, 4) is 0 Å². The van der Waals surface area contributed by atoms with Crippen LogP contribution < -0.4 is 5.73 Å². The minimum Gasteiger partial charge on any atom is -0.329 e. The van der Waals surface area contributed by atoms with Gasteiger partial charge in [-0.25, -0.2) is 0 Å². The van der Waals surface area contributed by atoms with Crippen molar-refractivity contribution >= 4 is 11.8 Å². The van der Waals surface area contributed by atoms with Crippen LogP contribution in [0.2, 0.25) is 0 Å². The highest BCUT2D eigenvalue weighted by molar-refractivity contribution is 7.99. The lowest BCUT2D eigenvalue weighted by Crippen LogP contribution is -2.46. The van der Waals surface area contributed by atoms with Crippen LogP contribution in [0.5, 0.6) is 0 Å². The van der Waals surface area contributed by atoms with Gasteiger partial charge in [0.15, 0.2) is 0 Å². The molecular formula is C15H30N2S. The van der Waals surface area contributed by atoms with E-state index in [9.17, 15) is 0 Å². The molecule has 0 aromatic heterocycles. The van der Waals surface area contributed by atoms with E-state index in [0.717, 1.165) is 12.5 Å². The number of hydrogen-bond acceptors (Lipinski definition) is 3. The van der Waals surface area contributed by atoms with Crippen LogP contribution in [0.1, 0.15) is 51.4 Å². The van der Waals surface area contributed by atoms with Crippen LogP contribution in [0.15, 0.2) is 0 Å². The number of hydrogen-bond donors (Lipinski definition) is 1. The van der Waals surface area contributed by atoms with Crippen molar-refractivity contribution in [3.05, 3.63) is 0 Å². The van der Waals surface area contributed by atoms with Gasteiger partial charge in [-0.3, -0.25) is 4.90 Å². The second-order valence-corrected chi connectivity index (χ2v) is 7.13. The van der Waals surface area contributed by atoms with Crippen molar-refractivity contribution in [1.29, 1.82) is 0 Å². The first-order valence-corrected chi connectivity index (χ1v) is 9.09. The molecule has 1 heterocycles. The quantitative estimate of drug-likeness (QED) is 0.854. The molecule has 1 aliphatic heterocycles. The predicted molar refractivity (Wildman–Crippen MR) is 82.2 cm³/mol. The van der Waals surface area contributed by atoms with Crippen molar-refractivity contribution in [3.63, 3.8) is 0 Å². The number of nitrogens with two attached hydrogens (primary N) is 1. The van der Waals surface area contributed by atoms with Crippen molar-refractivity contribution in [2.75, 3.05) is 31.1 Å². The zero-order valence-corrected chi connectivity index (χ0v) is 12.6. The van der Waals surface area contributed by atoms with E-state index in [0.29, 0.717) is 6.04 Å². The molecule has 2 nitrogen and oxygen atoms in total. The van der Waals surface area contributed by atoms with E-state index >= 15 is 0 Å². The highest BCUT2D eigenvalue weighted by Gasteiger charge is 2.26. The van der Waals surface area contributed by atoms with Crippen LogP contribution in [0.25, 0.3) is 0 Å². The molecule has 0 amide bonds. The molecule has 2 N–H and O–H groups in total. The normalized spacial score (nSPS) is 27.2. The molecule has 1 aliphatic carbocycles. The Bertz CT molecular complexity index is 207. The third kappa shape index (κ3) is 4.43. The molecule has 0 radical (unpaired) electrons. The molecule has 1 unspecified atom stereocenters. The van der Waals surface area contributed by atoms with Gasteiger partial charge in [0, 0.05) is 24.9 Å². The maximum Gasteiger partial charge on any atom is 0.0246 e. The summed E-state index contributed by atoms with van der Waals surface area (Å²) in [5.74, 6) is 3.53. The summed E-state index contributed by atoms with van der Waals surface area (Å²) in [6.07, 6.45) is 11.4. The van der Waals surface area contributed by atoms with Crippen LogP contribution in [0.3, 0.4) is 0 Å². The van der Waals surface area contributed by atoms with Crippen LogP contribution >= 0.6 is 11.8 Å². The largest absolute Gasteiger partial charge is 0.329 e. The van der Waals surface area contributed by atoms with E-state index in [1.165, 1.54) is 76.0 Å². The molecule has 1 atom stereocenters. The predicted octanol–water partition coefficient (Wildman–Crippen LogP) is 3.11. The van der Waals surface area contributed by atoms with E-state index in [2.05, 4.69) is 16.7 Å². The van der Waals surface area contributed by atoms with Crippen LogP contribution in [0.4, 0.5) is 0 Å². The van der Waals surface area contributed by atoms with E-state index < -0.39 is 0 Å². The number of nitrogens with zero attached hydrogens (tertiary/aromatic N) is 1. The maximum atomic E-state index is 6.13. The molecule has 0 bridgehead atoms. The maximum absolute atomic E-state index is 6.13. The first-order valence-electron chi connectivity index (χ1n) is 7.93. The molecule has 0 spiro atoms. The zero-order valence-electron chi connectivity index (χ0n) is 11.8. The Labute approximate surface area is 117 Å². The summed E-state index contributed by atoms with van der Waals surface area (Å²) in [6, 6.07) is 0.668. The van der Waals surface area contributed by atoms with Gasteiger partial charge in [-0.15, -0.1) is 0 Å². The Hall–Kier alpha value is 0.270. The van der Waals surface area contributed by atoms with Gasteiger partial charge < -0.3 is 5.73 Å². The van der Waals surface area contributed by atoms with Gasteiger partial charge in [0.05, 0.1) is 0 Å². The molecule has 2 aliphatic rings. The summed E-state index contributed by atoms with van der Waals surface area (Å²) >= 11 is 2.12. The molecule has 2 rings (SSSR count). The van der Waals surface area contributed by atoms with Gasteiger partial charge in [-0.1, -0.05) is 32.1 Å². The Kier molecular flexibility index (Phi) is 6.88. The Morgan fingerprint density at radius 3 is 2.39 bits per heavy atom. The second-order valence-electron chi connectivity index (χ2n) is 5.91. The van der Waals surface area contributed by atoms with Gasteiger partial charge in [-0.05, 0) is 37.5 Å². The first-order chi connectivity index (χ1) is 8.92. The van der Waals surface area contributed by atoms with E-state index in [-0.39, 0.29) is 0 Å². The minimum atomic E-state index is 0.668. The monoisotopic (exact) mass is 270 g/mol. The lowest BCUT2D eigenvalue weighted by molar-refractivity contribution is 0.137. The summed E-state index contributed by atoms with van der Waals surface area (Å²) in [5.41, 5.74) is 6.13. The summed E-state index contributed by atoms with van der Waals surface area (Å²) in [6.45, 7) is 3.42. The summed E-state index contributed by atoms with van der Waals surface area (Å²) in [5, 5.41) is 0. The fourth-order valence-corrected chi connectivity index (χ4v) is 4.51. The zero-order chi connectivity index (χ0) is 12.6. The number of thioether (sulfide) groups is 1. The van der Waals surface area contributed by atoms with E-state index in [1.807, 2.05) is 0 Å². The molecule has 3 heteroatoms. The third-order valence-electron chi connectivity index (χ3n) is 4.66. The lowest BCUT2D eigenvalue weighted by atomic mass is 9.85. The topological polar surface area (TPSA) is 29.3 Å². The first kappa shape index (κ1) is 14.7. The van der Waals surface area contributed by atoms with Gasteiger partial charge in [-0.2, -0.15) is 11.8 Å². The highest BCUT2D eigenvalue weighted by Crippen LogP contribution is 2.28. The molecular weight excluding hydrogens is 240 g/mol. The van der Waals surface area contributed by atoms with Crippen molar-refractivity contribution < 1.29 is 0 Å². The smallest absolute Gasteiger partial charge is 0.0246 e. The third-order valence-corrected chi connectivity index (χ3v) is 5.71. The van der Waals surface area contributed by atoms with Crippen LogP contribution in [-0.2, 0) is 0 Å². The van der Waals surface area contributed by atoms with Gasteiger partial charge in [0.25, 0.3) is 0 Å². The number of rotatable bonds is 3. The molecule has 0 aromatic carbocycles. The highest BCUT2D eigenvalue weighted by atomic mass is 32.2. The van der Waals surface area contributed by atoms with Crippen molar-refractivity contribution in [2.45, 2.75) is 57.4 Å². The van der Waals surface area contributed by atoms with E-state index in [4.69, 9.17) is 5.73 Å². The van der Waals surface area contributed by atoms with Gasteiger partial charge >= 0.3 is 0 Å². The van der Waals surface area contributed by atoms with Gasteiger partial charge in [0.2, 0.25) is 0 Å². The standard InChI is InChI=1S/C15H30N2S/c16-13-15(17-9-6-11-18-12-10-17)14-7-4-2-1-3-5-8-14/h14-15H,1-13,16H2. The van der Waals surface area contributed by atoms with Crippen molar-refractivity contribution in [1.82, 2.24) is 4.90 Å². The lowest BCUT2D eigenvalue weighted by Gasteiger charge is -2.36. The summed E-state index contributed by atoms with van der Waals surface area (Å²) in [4.78, 5) is 2.71. The van der Waals surface area contributed by atoms with Crippen LogP contribution in [0, 0.1) is 5.92 Å². The minimum absolute atomic E-state index is 0.668. The van der Waals surface area contributed by atoms with Gasteiger partial charge in [0.1, 0.15) is 0 Å². The molecule has 2 fully saturated rings. The average molecular weight is 270 g/mol. The van der Waals surface area contributed by atoms with Crippen LogP contribution in [-0.4, -0.2) is 42.1 Å². The second kappa shape index (κ2) is 8.44. The van der Waals surface area contributed by atoms with E-state index in [1.54, 1.807) is 0 Å². The molecule has 18 heavy (non-hydrogen) atoms. The fourth-order valence-electron chi connectivity index (χ4n) is 3.61. The molecule has 1 saturated heterocycles. The summed E-state index contributed by atoms with van der Waals surface area (Å²) < 4.78 is 0. The Morgan fingerprint density at radius 2 is 1.67 bits per heavy atom. The van der Waals surface area contributed by atoms with Crippen molar-refractivity contribution in [2.24, 2.45) is 11.7 Å². The molecule has 106 valence electrons. The fraction of sp³-hybridized carbons (Fsp3) is 1.00. The molecule has 0 aromatic rings. The Balaban J connectivity index is 1.91. The Morgan fingerprint density at radius 1 is 0.944 bits per heavy atom. The summed E-state index contributed by atoms with van der Waals surface area (Å²) in [7, 11) is 0. The average Bonchev–Trinajstić information content (AvgIpc) is 2.61.